The zero-order valence-corrected chi connectivity index (χ0v) is 14.4. The molecule has 1 aliphatic rings. The Morgan fingerprint density at radius 3 is 2.35 bits per heavy atom. The molecule has 1 atom stereocenters. The van der Waals surface area contributed by atoms with Gasteiger partial charge < -0.3 is 5.32 Å². The van der Waals surface area contributed by atoms with Crippen LogP contribution < -0.4 is 5.32 Å². The maximum Gasteiger partial charge on any atom is 0.0834 e. The average Bonchev–Trinajstić information content (AvgIpc) is 2.68. The van der Waals surface area contributed by atoms with E-state index < -0.39 is 0 Å². The normalized spacial score (nSPS) is 21.9. The molecule has 4 heteroatoms. The van der Waals surface area contributed by atoms with E-state index in [-0.39, 0.29) is 6.04 Å². The molecule has 0 saturated heterocycles. The van der Waals surface area contributed by atoms with Crippen molar-refractivity contribution >= 4 is 11.6 Å². The van der Waals surface area contributed by atoms with Crippen LogP contribution in [0.4, 0.5) is 0 Å². The second kappa shape index (κ2) is 5.34. The summed E-state index contributed by atoms with van der Waals surface area (Å²) in [5.74, 6) is 0.584. The number of aryl methyl sites for hydroxylation is 1. The van der Waals surface area contributed by atoms with Gasteiger partial charge in [-0.3, -0.25) is 4.68 Å². The van der Waals surface area contributed by atoms with E-state index in [1.165, 1.54) is 0 Å². The number of hydrogen-bond acceptors (Lipinski definition) is 2. The van der Waals surface area contributed by atoms with Gasteiger partial charge >= 0.3 is 0 Å². The monoisotopic (exact) mass is 297 g/mol. The van der Waals surface area contributed by atoms with Gasteiger partial charge in [-0.1, -0.05) is 46.2 Å². The lowest BCUT2D eigenvalue weighted by Gasteiger charge is -2.22. The highest BCUT2D eigenvalue weighted by atomic mass is 35.5. The van der Waals surface area contributed by atoms with Gasteiger partial charge in [-0.2, -0.15) is 5.10 Å². The number of rotatable bonds is 6. The van der Waals surface area contributed by atoms with Crippen LogP contribution in [0.5, 0.6) is 0 Å². The molecule has 0 spiro atoms. The van der Waals surface area contributed by atoms with Crippen LogP contribution in [0.15, 0.2) is 6.20 Å². The fourth-order valence-electron chi connectivity index (χ4n) is 3.69. The van der Waals surface area contributed by atoms with Crippen LogP contribution in [0, 0.1) is 16.7 Å². The summed E-state index contributed by atoms with van der Waals surface area (Å²) in [6.45, 7) is 15.6. The Labute approximate surface area is 128 Å². The van der Waals surface area contributed by atoms with E-state index in [1.807, 2.05) is 4.68 Å². The van der Waals surface area contributed by atoms with Crippen molar-refractivity contribution < 1.29 is 0 Å². The van der Waals surface area contributed by atoms with E-state index in [0.29, 0.717) is 16.7 Å². The predicted octanol–water partition coefficient (Wildman–Crippen LogP) is 4.28. The predicted molar refractivity (Wildman–Crippen MR) is 85.0 cm³/mol. The zero-order chi connectivity index (χ0) is 15.1. The molecule has 1 N–H and O–H groups in total. The second-order valence-corrected chi connectivity index (χ2v) is 7.45. The van der Waals surface area contributed by atoms with Crippen molar-refractivity contribution in [3.8, 4) is 0 Å². The largest absolute Gasteiger partial charge is 0.308 e. The maximum atomic E-state index is 6.43. The van der Waals surface area contributed by atoms with Crippen molar-refractivity contribution in [3.63, 3.8) is 0 Å². The first kappa shape index (κ1) is 15.8. The Bertz CT molecular complexity index is 462. The van der Waals surface area contributed by atoms with Crippen LogP contribution in [-0.4, -0.2) is 16.3 Å². The highest BCUT2D eigenvalue weighted by Crippen LogP contribution is 2.72. The molecule has 114 valence electrons. The molecule has 1 saturated carbocycles. The standard InChI is InChI=1S/C16H28ClN3/c1-7-9-18-12(14-15(3,4)16(14,5)6)13-11(17)10-19-20(13)8-2/h10,12,14,18H,7-9H2,1-6H3. The van der Waals surface area contributed by atoms with Crippen molar-refractivity contribution in [2.24, 2.45) is 16.7 Å². The van der Waals surface area contributed by atoms with Gasteiger partial charge in [-0.25, -0.2) is 0 Å². The molecule has 20 heavy (non-hydrogen) atoms. The maximum absolute atomic E-state index is 6.43. The van der Waals surface area contributed by atoms with Crippen LogP contribution in [0.1, 0.15) is 59.7 Å². The zero-order valence-electron chi connectivity index (χ0n) is 13.6. The second-order valence-electron chi connectivity index (χ2n) is 7.05. The topological polar surface area (TPSA) is 29.9 Å². The first-order chi connectivity index (χ1) is 9.29. The highest BCUT2D eigenvalue weighted by Gasteiger charge is 2.67. The molecule has 0 radical (unpaired) electrons. The van der Waals surface area contributed by atoms with E-state index in [4.69, 9.17) is 11.6 Å². The Morgan fingerprint density at radius 1 is 1.30 bits per heavy atom. The van der Waals surface area contributed by atoms with Crippen molar-refractivity contribution in [2.75, 3.05) is 6.54 Å². The molecule has 0 aromatic carbocycles. The van der Waals surface area contributed by atoms with Gasteiger partial charge in [0.15, 0.2) is 0 Å². The van der Waals surface area contributed by atoms with Crippen molar-refractivity contribution in [2.45, 2.75) is 60.5 Å². The first-order valence-electron chi connectivity index (χ1n) is 7.73. The van der Waals surface area contributed by atoms with Crippen LogP contribution in [0.25, 0.3) is 0 Å². The van der Waals surface area contributed by atoms with E-state index in [2.05, 4.69) is 52.0 Å². The summed E-state index contributed by atoms with van der Waals surface area (Å²) >= 11 is 6.43. The number of nitrogens with one attached hydrogen (secondary N) is 1. The minimum atomic E-state index is 0.287. The van der Waals surface area contributed by atoms with Gasteiger partial charge in [0, 0.05) is 6.54 Å². The number of hydrogen-bond donors (Lipinski definition) is 1. The van der Waals surface area contributed by atoms with E-state index in [9.17, 15) is 0 Å². The summed E-state index contributed by atoms with van der Waals surface area (Å²) < 4.78 is 2.04. The van der Waals surface area contributed by atoms with Gasteiger partial charge in [0.1, 0.15) is 0 Å². The van der Waals surface area contributed by atoms with E-state index >= 15 is 0 Å². The van der Waals surface area contributed by atoms with Crippen LogP contribution in [-0.2, 0) is 6.54 Å². The lowest BCUT2D eigenvalue weighted by molar-refractivity contribution is 0.383. The van der Waals surface area contributed by atoms with Gasteiger partial charge in [0.2, 0.25) is 0 Å². The minimum absolute atomic E-state index is 0.287. The molecule has 0 aliphatic heterocycles. The van der Waals surface area contributed by atoms with Crippen molar-refractivity contribution in [3.05, 3.63) is 16.9 Å². The van der Waals surface area contributed by atoms with E-state index in [0.717, 1.165) is 30.2 Å². The third-order valence-corrected chi connectivity index (χ3v) is 5.80. The summed E-state index contributed by atoms with van der Waals surface area (Å²) in [5, 5.41) is 8.92. The average molecular weight is 298 g/mol. The SMILES string of the molecule is CCCNC(c1c(Cl)cnn1CC)C1C(C)(C)C1(C)C. The van der Waals surface area contributed by atoms with Crippen LogP contribution >= 0.6 is 11.6 Å². The fourth-order valence-corrected chi connectivity index (χ4v) is 3.94. The van der Waals surface area contributed by atoms with Gasteiger partial charge in [0.25, 0.3) is 0 Å². The number of nitrogens with zero attached hydrogens (tertiary/aromatic N) is 2. The fraction of sp³-hybridized carbons (Fsp3) is 0.812. The molecule has 1 aromatic rings. The lowest BCUT2D eigenvalue weighted by atomic mass is 10.0. The molecule has 1 aromatic heterocycles. The minimum Gasteiger partial charge on any atom is -0.308 e. The van der Waals surface area contributed by atoms with Crippen molar-refractivity contribution in [1.29, 1.82) is 0 Å². The van der Waals surface area contributed by atoms with Gasteiger partial charge in [-0.05, 0) is 36.6 Å². The van der Waals surface area contributed by atoms with Crippen LogP contribution in [0.2, 0.25) is 5.02 Å². The Hall–Kier alpha value is -0.540. The molecule has 1 aliphatic carbocycles. The quantitative estimate of drug-likeness (QED) is 0.849. The smallest absolute Gasteiger partial charge is 0.0834 e. The highest BCUT2D eigenvalue weighted by molar-refractivity contribution is 6.31. The van der Waals surface area contributed by atoms with Crippen LogP contribution in [0.3, 0.4) is 0 Å². The molecule has 1 unspecified atom stereocenters. The Balaban J connectivity index is 2.37. The molecule has 3 nitrogen and oxygen atoms in total. The molecule has 1 heterocycles. The molecular formula is C16H28ClN3. The first-order valence-corrected chi connectivity index (χ1v) is 8.11. The molecular weight excluding hydrogens is 270 g/mol. The molecule has 0 bridgehead atoms. The molecule has 0 amide bonds. The summed E-state index contributed by atoms with van der Waals surface area (Å²) in [7, 11) is 0. The lowest BCUT2D eigenvalue weighted by Crippen LogP contribution is -2.28. The summed E-state index contributed by atoms with van der Waals surface area (Å²) in [6.07, 6.45) is 2.91. The van der Waals surface area contributed by atoms with Gasteiger partial charge in [-0.15, -0.1) is 0 Å². The van der Waals surface area contributed by atoms with Gasteiger partial charge in [0.05, 0.1) is 23.0 Å². The third kappa shape index (κ3) is 2.29. The third-order valence-electron chi connectivity index (χ3n) is 5.51. The number of halogens is 1. The summed E-state index contributed by atoms with van der Waals surface area (Å²) in [5.41, 5.74) is 1.81. The number of aromatic nitrogens is 2. The van der Waals surface area contributed by atoms with Crippen molar-refractivity contribution in [1.82, 2.24) is 15.1 Å². The Kier molecular flexibility index (Phi) is 4.23. The summed E-state index contributed by atoms with van der Waals surface area (Å²) in [4.78, 5) is 0. The van der Waals surface area contributed by atoms with E-state index in [1.54, 1.807) is 6.20 Å². The Morgan fingerprint density at radius 2 is 1.90 bits per heavy atom. The summed E-state index contributed by atoms with van der Waals surface area (Å²) in [6, 6.07) is 0.287. The molecule has 2 rings (SSSR count). The molecule has 1 fully saturated rings.